The first kappa shape index (κ1) is 21.2. The van der Waals surface area contributed by atoms with Gasteiger partial charge in [0.05, 0.1) is 6.61 Å². The molecule has 0 atom stereocenters. The number of aliphatic imine (C=N–C) groups is 1. The number of hydrogen-bond acceptors (Lipinski definition) is 3. The summed E-state index contributed by atoms with van der Waals surface area (Å²) in [5, 5.41) is 6.53. The second-order valence-electron chi connectivity index (χ2n) is 5.19. The van der Waals surface area contributed by atoms with Crippen molar-refractivity contribution in [1.82, 2.24) is 10.6 Å². The minimum atomic E-state index is -0.133. The van der Waals surface area contributed by atoms with Crippen molar-refractivity contribution in [2.24, 2.45) is 4.99 Å². The topological polar surface area (TPSA) is 62.7 Å². The van der Waals surface area contributed by atoms with Crippen molar-refractivity contribution in [3.63, 3.8) is 0 Å². The summed E-state index contributed by atoms with van der Waals surface area (Å²) < 4.78 is 4.89. The molecule has 0 saturated heterocycles. The van der Waals surface area contributed by atoms with E-state index in [0.717, 1.165) is 31.9 Å². The Labute approximate surface area is 151 Å². The van der Waals surface area contributed by atoms with E-state index in [9.17, 15) is 4.79 Å². The number of carbonyl (C=O) groups is 1. The summed E-state index contributed by atoms with van der Waals surface area (Å²) in [6.45, 7) is 3.90. The zero-order chi connectivity index (χ0) is 15.3. The molecule has 6 heteroatoms. The molecule has 0 aromatic carbocycles. The zero-order valence-electron chi connectivity index (χ0n) is 13.8. The largest absolute Gasteiger partial charge is 0.466 e. The first-order valence-corrected chi connectivity index (χ1v) is 8.04. The fraction of sp³-hybridized carbons (Fsp3) is 0.750. The van der Waals surface area contributed by atoms with Crippen LogP contribution in [0.25, 0.3) is 0 Å². The molecule has 0 aliphatic heterocycles. The SMILES string of the molecule is CCOC(=O)CCCNC(=NC)NCCC1=CCCCC1.I. The average Bonchev–Trinajstić information content (AvgIpc) is 2.51. The lowest BCUT2D eigenvalue weighted by atomic mass is 9.97. The van der Waals surface area contributed by atoms with E-state index in [1.807, 2.05) is 6.92 Å². The van der Waals surface area contributed by atoms with Crippen LogP contribution in [-0.4, -0.2) is 38.7 Å². The van der Waals surface area contributed by atoms with Gasteiger partial charge in [-0.15, -0.1) is 24.0 Å². The zero-order valence-corrected chi connectivity index (χ0v) is 16.2. The lowest BCUT2D eigenvalue weighted by Crippen LogP contribution is -2.38. The highest BCUT2D eigenvalue weighted by Gasteiger charge is 2.04. The minimum absolute atomic E-state index is 0. The Hall–Kier alpha value is -0.790. The molecule has 0 aromatic rings. The predicted molar refractivity (Wildman–Crippen MR) is 102 cm³/mol. The van der Waals surface area contributed by atoms with Crippen LogP contribution in [-0.2, 0) is 9.53 Å². The molecule has 5 nitrogen and oxygen atoms in total. The molecule has 0 aromatic heterocycles. The molecule has 1 rings (SSSR count). The van der Waals surface area contributed by atoms with Crippen molar-refractivity contribution in [2.75, 3.05) is 26.7 Å². The van der Waals surface area contributed by atoms with Gasteiger partial charge in [0, 0.05) is 26.6 Å². The lowest BCUT2D eigenvalue weighted by Gasteiger charge is -2.15. The standard InChI is InChI=1S/C16H29N3O2.HI/c1-3-21-15(20)10-7-12-18-16(17-2)19-13-11-14-8-5-4-6-9-14;/h8H,3-7,9-13H2,1-2H3,(H2,17,18,19);1H. The number of allylic oxidation sites excluding steroid dienone is 1. The molecule has 0 spiro atoms. The van der Waals surface area contributed by atoms with Crippen molar-refractivity contribution in [2.45, 2.75) is 51.9 Å². The highest BCUT2D eigenvalue weighted by Crippen LogP contribution is 2.19. The number of nitrogens with zero attached hydrogens (tertiary/aromatic N) is 1. The Morgan fingerprint density at radius 2 is 2.09 bits per heavy atom. The molecule has 2 N–H and O–H groups in total. The van der Waals surface area contributed by atoms with Crippen LogP contribution in [0.5, 0.6) is 0 Å². The number of nitrogens with one attached hydrogen (secondary N) is 2. The second kappa shape index (κ2) is 13.8. The molecule has 0 radical (unpaired) electrons. The van der Waals surface area contributed by atoms with Crippen LogP contribution in [0, 0.1) is 0 Å². The Kier molecular flexibility index (Phi) is 13.3. The summed E-state index contributed by atoms with van der Waals surface area (Å²) in [5.41, 5.74) is 1.56. The van der Waals surface area contributed by atoms with E-state index in [1.165, 1.54) is 25.7 Å². The van der Waals surface area contributed by atoms with Crippen LogP contribution < -0.4 is 10.6 Å². The van der Waals surface area contributed by atoms with Gasteiger partial charge in [0.15, 0.2) is 5.96 Å². The van der Waals surface area contributed by atoms with Gasteiger partial charge in [-0.3, -0.25) is 9.79 Å². The molecule has 0 heterocycles. The molecule has 1 aliphatic rings. The van der Waals surface area contributed by atoms with E-state index < -0.39 is 0 Å². The maximum atomic E-state index is 11.2. The van der Waals surface area contributed by atoms with Crippen LogP contribution >= 0.6 is 24.0 Å². The maximum Gasteiger partial charge on any atom is 0.305 e. The van der Waals surface area contributed by atoms with E-state index in [4.69, 9.17) is 4.74 Å². The highest BCUT2D eigenvalue weighted by atomic mass is 127. The van der Waals surface area contributed by atoms with Gasteiger partial charge in [-0.05, 0) is 45.4 Å². The first-order chi connectivity index (χ1) is 10.3. The van der Waals surface area contributed by atoms with Crippen LogP contribution in [0.3, 0.4) is 0 Å². The first-order valence-electron chi connectivity index (χ1n) is 8.04. The number of guanidine groups is 1. The van der Waals surface area contributed by atoms with Gasteiger partial charge in [0.1, 0.15) is 0 Å². The summed E-state index contributed by atoms with van der Waals surface area (Å²) in [6.07, 6.45) is 9.80. The highest BCUT2D eigenvalue weighted by molar-refractivity contribution is 14.0. The number of esters is 1. The summed E-state index contributed by atoms with van der Waals surface area (Å²) in [6, 6.07) is 0. The van der Waals surface area contributed by atoms with Crippen molar-refractivity contribution >= 4 is 35.9 Å². The van der Waals surface area contributed by atoms with E-state index in [-0.39, 0.29) is 29.9 Å². The smallest absolute Gasteiger partial charge is 0.305 e. The fourth-order valence-electron chi connectivity index (χ4n) is 2.37. The van der Waals surface area contributed by atoms with Crippen molar-refractivity contribution in [1.29, 1.82) is 0 Å². The van der Waals surface area contributed by atoms with Crippen LogP contribution in [0.2, 0.25) is 0 Å². The molecule has 0 bridgehead atoms. The Morgan fingerprint density at radius 3 is 2.73 bits per heavy atom. The Morgan fingerprint density at radius 1 is 1.32 bits per heavy atom. The third-order valence-electron chi connectivity index (χ3n) is 3.50. The summed E-state index contributed by atoms with van der Waals surface area (Å²) >= 11 is 0. The molecular weight excluding hydrogens is 393 g/mol. The lowest BCUT2D eigenvalue weighted by molar-refractivity contribution is -0.143. The average molecular weight is 423 g/mol. The minimum Gasteiger partial charge on any atom is -0.466 e. The van der Waals surface area contributed by atoms with E-state index in [1.54, 1.807) is 12.6 Å². The quantitative estimate of drug-likeness (QED) is 0.157. The second-order valence-corrected chi connectivity index (χ2v) is 5.19. The molecular formula is C16H30IN3O2. The number of ether oxygens (including phenoxy) is 1. The number of carbonyl (C=O) groups excluding carboxylic acids is 1. The Balaban J connectivity index is 0.00000441. The van der Waals surface area contributed by atoms with Gasteiger partial charge < -0.3 is 15.4 Å². The molecule has 128 valence electrons. The summed E-state index contributed by atoms with van der Waals surface area (Å²) in [4.78, 5) is 15.4. The van der Waals surface area contributed by atoms with Gasteiger partial charge in [0.25, 0.3) is 0 Å². The number of hydrogen-bond donors (Lipinski definition) is 2. The van der Waals surface area contributed by atoms with Gasteiger partial charge in [0.2, 0.25) is 0 Å². The van der Waals surface area contributed by atoms with Gasteiger partial charge >= 0.3 is 5.97 Å². The number of halogens is 1. The number of rotatable bonds is 8. The van der Waals surface area contributed by atoms with E-state index >= 15 is 0 Å². The fourth-order valence-corrected chi connectivity index (χ4v) is 2.37. The van der Waals surface area contributed by atoms with Crippen LogP contribution in [0.15, 0.2) is 16.6 Å². The molecule has 0 unspecified atom stereocenters. The molecule has 0 fully saturated rings. The monoisotopic (exact) mass is 423 g/mol. The summed E-state index contributed by atoms with van der Waals surface area (Å²) in [7, 11) is 1.76. The molecule has 0 saturated carbocycles. The van der Waals surface area contributed by atoms with Gasteiger partial charge in [-0.1, -0.05) is 11.6 Å². The molecule has 1 aliphatic carbocycles. The van der Waals surface area contributed by atoms with Crippen LogP contribution in [0.4, 0.5) is 0 Å². The third kappa shape index (κ3) is 10.0. The molecule has 22 heavy (non-hydrogen) atoms. The van der Waals surface area contributed by atoms with Crippen molar-refractivity contribution in [3.8, 4) is 0 Å². The van der Waals surface area contributed by atoms with E-state index in [2.05, 4.69) is 21.7 Å². The predicted octanol–water partition coefficient (Wildman–Crippen LogP) is 3.00. The van der Waals surface area contributed by atoms with Crippen molar-refractivity contribution in [3.05, 3.63) is 11.6 Å². The Bertz CT molecular complexity index is 370. The van der Waals surface area contributed by atoms with E-state index in [0.29, 0.717) is 13.0 Å². The van der Waals surface area contributed by atoms with Crippen LogP contribution in [0.1, 0.15) is 51.9 Å². The summed E-state index contributed by atoms with van der Waals surface area (Å²) in [5.74, 6) is 0.668. The van der Waals surface area contributed by atoms with Gasteiger partial charge in [-0.2, -0.15) is 0 Å². The maximum absolute atomic E-state index is 11.2. The normalized spacial score (nSPS) is 14.6. The van der Waals surface area contributed by atoms with Crippen molar-refractivity contribution < 1.29 is 9.53 Å². The van der Waals surface area contributed by atoms with Gasteiger partial charge in [-0.25, -0.2) is 0 Å². The molecule has 0 amide bonds. The third-order valence-corrected chi connectivity index (χ3v) is 3.50.